The topological polar surface area (TPSA) is 59.3 Å². The smallest absolute Gasteiger partial charge is 0.438 e. The predicted octanol–water partition coefficient (Wildman–Crippen LogP) is 2.03. The molecule has 0 saturated carbocycles. The van der Waals surface area contributed by atoms with E-state index in [1.54, 1.807) is 24.3 Å². The van der Waals surface area contributed by atoms with Crippen molar-refractivity contribution in [1.29, 1.82) is 5.26 Å². The lowest BCUT2D eigenvalue weighted by Gasteiger charge is -2.09. The second-order valence-electron chi connectivity index (χ2n) is 2.49. The standard InChI is InChI=1S/C10H9NO3/c1-13-10(12)14-9(7-11)8-5-3-2-4-6-8/h2-6,9H,1H3. The SMILES string of the molecule is COC(=O)OC(C#N)c1ccccc1. The fraction of sp³-hybridized carbons (Fsp3) is 0.200. The van der Waals surface area contributed by atoms with Crippen molar-refractivity contribution >= 4 is 6.16 Å². The quantitative estimate of drug-likeness (QED) is 0.671. The van der Waals surface area contributed by atoms with E-state index in [-0.39, 0.29) is 0 Å². The largest absolute Gasteiger partial charge is 0.509 e. The predicted molar refractivity (Wildman–Crippen MR) is 48.3 cm³/mol. The highest BCUT2D eigenvalue weighted by Crippen LogP contribution is 2.16. The van der Waals surface area contributed by atoms with E-state index in [0.29, 0.717) is 5.56 Å². The normalized spacial score (nSPS) is 11.1. The minimum atomic E-state index is -0.913. The molecule has 1 atom stereocenters. The molecule has 0 bridgehead atoms. The van der Waals surface area contributed by atoms with Gasteiger partial charge in [-0.3, -0.25) is 0 Å². The lowest BCUT2D eigenvalue weighted by atomic mass is 10.1. The Labute approximate surface area is 81.7 Å². The van der Waals surface area contributed by atoms with E-state index < -0.39 is 12.3 Å². The average molecular weight is 191 g/mol. The van der Waals surface area contributed by atoms with Gasteiger partial charge >= 0.3 is 6.16 Å². The zero-order valence-corrected chi connectivity index (χ0v) is 7.64. The minimum absolute atomic E-state index is 0.625. The van der Waals surface area contributed by atoms with Crippen LogP contribution >= 0.6 is 0 Å². The highest BCUT2D eigenvalue weighted by Gasteiger charge is 2.15. The number of hydrogen-bond donors (Lipinski definition) is 0. The van der Waals surface area contributed by atoms with Crippen molar-refractivity contribution in [2.45, 2.75) is 6.10 Å². The van der Waals surface area contributed by atoms with Crippen LogP contribution in [0, 0.1) is 11.3 Å². The third kappa shape index (κ3) is 2.49. The van der Waals surface area contributed by atoms with Crippen molar-refractivity contribution < 1.29 is 14.3 Å². The molecular formula is C10H9NO3. The van der Waals surface area contributed by atoms with Gasteiger partial charge in [0.2, 0.25) is 6.10 Å². The summed E-state index contributed by atoms with van der Waals surface area (Å²) in [6.45, 7) is 0. The fourth-order valence-electron chi connectivity index (χ4n) is 0.941. The lowest BCUT2D eigenvalue weighted by Crippen LogP contribution is -2.09. The van der Waals surface area contributed by atoms with E-state index in [9.17, 15) is 4.79 Å². The number of rotatable bonds is 2. The first-order valence-electron chi connectivity index (χ1n) is 3.97. The maximum absolute atomic E-state index is 10.8. The molecule has 1 aromatic carbocycles. The Morgan fingerprint density at radius 3 is 2.57 bits per heavy atom. The molecule has 0 radical (unpaired) electrons. The number of nitriles is 1. The van der Waals surface area contributed by atoms with Gasteiger partial charge in [-0.05, 0) is 0 Å². The van der Waals surface area contributed by atoms with E-state index in [0.717, 1.165) is 0 Å². The van der Waals surface area contributed by atoms with Crippen LogP contribution in [0.15, 0.2) is 30.3 Å². The van der Waals surface area contributed by atoms with E-state index in [2.05, 4.69) is 4.74 Å². The number of ether oxygens (including phenoxy) is 2. The van der Waals surface area contributed by atoms with Crippen LogP contribution in [0.5, 0.6) is 0 Å². The molecule has 0 fully saturated rings. The Morgan fingerprint density at radius 2 is 2.07 bits per heavy atom. The minimum Gasteiger partial charge on any atom is -0.438 e. The molecule has 0 aliphatic heterocycles. The zero-order valence-electron chi connectivity index (χ0n) is 7.64. The molecule has 0 N–H and O–H groups in total. The van der Waals surface area contributed by atoms with Crippen molar-refractivity contribution in [3.05, 3.63) is 35.9 Å². The van der Waals surface area contributed by atoms with Crippen LogP contribution in [-0.4, -0.2) is 13.3 Å². The van der Waals surface area contributed by atoms with Crippen LogP contribution in [0.25, 0.3) is 0 Å². The monoisotopic (exact) mass is 191 g/mol. The van der Waals surface area contributed by atoms with Crippen LogP contribution < -0.4 is 0 Å². The van der Waals surface area contributed by atoms with Crippen molar-refractivity contribution in [2.75, 3.05) is 7.11 Å². The summed E-state index contributed by atoms with van der Waals surface area (Å²) in [5, 5.41) is 8.74. The summed E-state index contributed by atoms with van der Waals surface area (Å²) >= 11 is 0. The van der Waals surface area contributed by atoms with E-state index in [1.165, 1.54) is 7.11 Å². The lowest BCUT2D eigenvalue weighted by molar-refractivity contribution is 0.0544. The Hall–Kier alpha value is -2.02. The summed E-state index contributed by atoms with van der Waals surface area (Å²) in [6, 6.07) is 10.6. The molecule has 1 aromatic rings. The first-order chi connectivity index (χ1) is 6.77. The third-order valence-electron chi connectivity index (χ3n) is 1.60. The summed E-state index contributed by atoms with van der Waals surface area (Å²) < 4.78 is 9.00. The van der Waals surface area contributed by atoms with Gasteiger partial charge in [-0.15, -0.1) is 0 Å². The van der Waals surface area contributed by atoms with Crippen molar-refractivity contribution in [1.82, 2.24) is 0 Å². The van der Waals surface area contributed by atoms with Gasteiger partial charge in [0.1, 0.15) is 6.07 Å². The summed E-state index contributed by atoms with van der Waals surface area (Å²) in [7, 11) is 1.20. The first kappa shape index (κ1) is 10.1. The number of hydrogen-bond acceptors (Lipinski definition) is 4. The van der Waals surface area contributed by atoms with E-state index in [4.69, 9.17) is 10.00 Å². The second kappa shape index (κ2) is 4.87. The maximum Gasteiger partial charge on any atom is 0.509 e. The molecule has 72 valence electrons. The number of nitrogens with zero attached hydrogens (tertiary/aromatic N) is 1. The van der Waals surface area contributed by atoms with Gasteiger partial charge in [0.05, 0.1) is 7.11 Å². The molecule has 0 aliphatic carbocycles. The fourth-order valence-corrected chi connectivity index (χ4v) is 0.941. The van der Waals surface area contributed by atoms with Crippen molar-refractivity contribution in [2.24, 2.45) is 0 Å². The molecule has 0 saturated heterocycles. The Morgan fingerprint density at radius 1 is 1.43 bits per heavy atom. The molecule has 1 rings (SSSR count). The molecule has 0 heterocycles. The Kier molecular flexibility index (Phi) is 3.50. The summed E-state index contributed by atoms with van der Waals surface area (Å²) in [5.41, 5.74) is 0.625. The highest BCUT2D eigenvalue weighted by molar-refractivity contribution is 5.60. The summed E-state index contributed by atoms with van der Waals surface area (Å²) in [4.78, 5) is 10.8. The number of carbonyl (C=O) groups is 1. The van der Waals surface area contributed by atoms with Crippen molar-refractivity contribution in [3.63, 3.8) is 0 Å². The molecule has 4 heteroatoms. The molecule has 0 amide bonds. The van der Waals surface area contributed by atoms with E-state index in [1.807, 2.05) is 12.1 Å². The van der Waals surface area contributed by atoms with Gasteiger partial charge in [-0.2, -0.15) is 5.26 Å². The summed E-state index contributed by atoms with van der Waals surface area (Å²) in [6.07, 6.45) is -1.77. The third-order valence-corrected chi connectivity index (χ3v) is 1.60. The summed E-state index contributed by atoms with van der Waals surface area (Å²) in [5.74, 6) is 0. The Bertz CT molecular complexity index is 342. The van der Waals surface area contributed by atoms with Crippen LogP contribution in [0.1, 0.15) is 11.7 Å². The maximum atomic E-state index is 10.8. The molecule has 0 aliphatic rings. The molecule has 0 spiro atoms. The van der Waals surface area contributed by atoms with Gasteiger partial charge in [-0.25, -0.2) is 4.79 Å². The van der Waals surface area contributed by atoms with E-state index >= 15 is 0 Å². The van der Waals surface area contributed by atoms with Gasteiger partial charge in [0, 0.05) is 5.56 Å². The van der Waals surface area contributed by atoms with Crippen LogP contribution in [0.3, 0.4) is 0 Å². The Balaban J connectivity index is 2.74. The van der Waals surface area contributed by atoms with Gasteiger partial charge in [0.15, 0.2) is 0 Å². The van der Waals surface area contributed by atoms with Gasteiger partial charge in [-0.1, -0.05) is 30.3 Å². The number of carbonyl (C=O) groups excluding carboxylic acids is 1. The van der Waals surface area contributed by atoms with Gasteiger partial charge in [0.25, 0.3) is 0 Å². The van der Waals surface area contributed by atoms with Crippen LogP contribution in [-0.2, 0) is 9.47 Å². The molecule has 1 unspecified atom stereocenters. The average Bonchev–Trinajstić information content (AvgIpc) is 2.26. The van der Waals surface area contributed by atoms with Gasteiger partial charge < -0.3 is 9.47 Å². The zero-order chi connectivity index (χ0) is 10.4. The molecule has 0 aromatic heterocycles. The van der Waals surface area contributed by atoms with Crippen LogP contribution in [0.2, 0.25) is 0 Å². The first-order valence-corrected chi connectivity index (χ1v) is 3.97. The number of methoxy groups -OCH3 is 1. The second-order valence-corrected chi connectivity index (χ2v) is 2.49. The molecule has 14 heavy (non-hydrogen) atoms. The molecular weight excluding hydrogens is 182 g/mol. The van der Waals surface area contributed by atoms with Crippen molar-refractivity contribution in [3.8, 4) is 6.07 Å². The number of benzene rings is 1. The molecule has 4 nitrogen and oxygen atoms in total. The highest BCUT2D eigenvalue weighted by atomic mass is 16.7. The van der Waals surface area contributed by atoms with Crippen LogP contribution in [0.4, 0.5) is 4.79 Å².